The van der Waals surface area contributed by atoms with E-state index in [1.54, 1.807) is 40.9 Å². The van der Waals surface area contributed by atoms with Crippen molar-refractivity contribution in [1.82, 2.24) is 9.78 Å². The Bertz CT molecular complexity index is 1130. The lowest BCUT2D eigenvalue weighted by atomic mass is 9.94. The van der Waals surface area contributed by atoms with Crippen LogP contribution in [0.3, 0.4) is 0 Å². The van der Waals surface area contributed by atoms with Crippen molar-refractivity contribution < 1.29 is 14.3 Å². The number of hydrogen-bond donors (Lipinski definition) is 1. The minimum atomic E-state index is -0.517. The minimum absolute atomic E-state index is 0.0144. The Morgan fingerprint density at radius 3 is 2.55 bits per heavy atom. The number of anilines is 2. The van der Waals surface area contributed by atoms with Crippen LogP contribution in [0.1, 0.15) is 36.8 Å². The predicted molar refractivity (Wildman–Crippen MR) is 120 cm³/mol. The van der Waals surface area contributed by atoms with Crippen molar-refractivity contribution in [3.8, 4) is 11.4 Å². The SMILES string of the molecule is Cc1nn(-c2ccccc2)cc1C(=O)Nc1ccc2c(c1)N(C(=O)C(C)(C)C)CCO2. The van der Waals surface area contributed by atoms with E-state index in [4.69, 9.17) is 4.74 Å². The van der Waals surface area contributed by atoms with Gasteiger partial charge in [-0.25, -0.2) is 4.68 Å². The molecule has 1 N–H and O–H groups in total. The van der Waals surface area contributed by atoms with Gasteiger partial charge in [-0.3, -0.25) is 9.59 Å². The highest BCUT2D eigenvalue weighted by molar-refractivity contribution is 6.06. The van der Waals surface area contributed by atoms with Gasteiger partial charge in [0, 0.05) is 17.3 Å². The molecule has 2 aromatic carbocycles. The lowest BCUT2D eigenvalue weighted by Gasteiger charge is -2.34. The van der Waals surface area contributed by atoms with E-state index in [1.807, 2.05) is 51.1 Å². The Hall–Kier alpha value is -3.61. The maximum Gasteiger partial charge on any atom is 0.259 e. The fraction of sp³-hybridized carbons (Fsp3) is 0.292. The van der Waals surface area contributed by atoms with Crippen LogP contribution in [0.15, 0.2) is 54.7 Å². The molecule has 0 atom stereocenters. The van der Waals surface area contributed by atoms with E-state index in [9.17, 15) is 9.59 Å². The number of aromatic nitrogens is 2. The van der Waals surface area contributed by atoms with Crippen LogP contribution in [-0.4, -0.2) is 34.7 Å². The highest BCUT2D eigenvalue weighted by Gasteiger charge is 2.32. The van der Waals surface area contributed by atoms with Crippen molar-refractivity contribution in [1.29, 1.82) is 0 Å². The number of aryl methyl sites for hydroxylation is 1. The van der Waals surface area contributed by atoms with Crippen LogP contribution in [0.5, 0.6) is 5.75 Å². The third-order valence-electron chi connectivity index (χ3n) is 5.13. The summed E-state index contributed by atoms with van der Waals surface area (Å²) < 4.78 is 7.40. The number of carbonyl (C=O) groups excluding carboxylic acids is 2. The molecule has 2 heterocycles. The van der Waals surface area contributed by atoms with Gasteiger partial charge in [0.05, 0.1) is 29.2 Å². The van der Waals surface area contributed by atoms with E-state index in [2.05, 4.69) is 10.4 Å². The number of nitrogens with one attached hydrogen (secondary N) is 1. The Morgan fingerprint density at radius 2 is 1.84 bits per heavy atom. The van der Waals surface area contributed by atoms with Gasteiger partial charge in [-0.1, -0.05) is 39.0 Å². The van der Waals surface area contributed by atoms with Gasteiger partial charge < -0.3 is 15.0 Å². The quantitative estimate of drug-likeness (QED) is 0.691. The summed E-state index contributed by atoms with van der Waals surface area (Å²) in [5.74, 6) is 0.389. The highest BCUT2D eigenvalue weighted by atomic mass is 16.5. The molecular weight excluding hydrogens is 392 g/mol. The summed E-state index contributed by atoms with van der Waals surface area (Å²) in [5, 5.41) is 7.39. The summed E-state index contributed by atoms with van der Waals surface area (Å²) in [6.45, 7) is 8.40. The average molecular weight is 418 g/mol. The first-order valence-corrected chi connectivity index (χ1v) is 10.3. The van der Waals surface area contributed by atoms with Gasteiger partial charge in [0.15, 0.2) is 0 Å². The third-order valence-corrected chi connectivity index (χ3v) is 5.13. The Balaban J connectivity index is 1.59. The van der Waals surface area contributed by atoms with Crippen LogP contribution in [0.25, 0.3) is 5.69 Å². The fourth-order valence-corrected chi connectivity index (χ4v) is 3.51. The maximum absolute atomic E-state index is 12.9. The van der Waals surface area contributed by atoms with E-state index in [1.165, 1.54) is 0 Å². The van der Waals surface area contributed by atoms with E-state index in [0.29, 0.717) is 41.5 Å². The molecule has 0 spiro atoms. The van der Waals surface area contributed by atoms with Gasteiger partial charge in [-0.05, 0) is 37.3 Å². The van der Waals surface area contributed by atoms with Gasteiger partial charge >= 0.3 is 0 Å². The molecule has 2 amide bonds. The number of ether oxygens (including phenoxy) is 1. The second-order valence-electron chi connectivity index (χ2n) is 8.60. The van der Waals surface area contributed by atoms with Gasteiger partial charge in [-0.2, -0.15) is 5.10 Å². The molecule has 7 nitrogen and oxygen atoms in total. The molecule has 0 aliphatic carbocycles. The van der Waals surface area contributed by atoms with Gasteiger partial charge in [0.1, 0.15) is 12.4 Å². The summed E-state index contributed by atoms with van der Waals surface area (Å²) in [4.78, 5) is 27.6. The summed E-state index contributed by atoms with van der Waals surface area (Å²) in [7, 11) is 0. The number of rotatable bonds is 3. The number of benzene rings is 2. The molecule has 1 aromatic heterocycles. The molecule has 7 heteroatoms. The fourth-order valence-electron chi connectivity index (χ4n) is 3.51. The van der Waals surface area contributed by atoms with Crippen molar-refractivity contribution in [3.63, 3.8) is 0 Å². The van der Waals surface area contributed by atoms with E-state index >= 15 is 0 Å². The molecular formula is C24H26N4O3. The molecule has 4 rings (SSSR count). The zero-order valence-electron chi connectivity index (χ0n) is 18.2. The number of amides is 2. The molecule has 3 aromatic rings. The lowest BCUT2D eigenvalue weighted by molar-refractivity contribution is -0.126. The van der Waals surface area contributed by atoms with Crippen molar-refractivity contribution in [3.05, 3.63) is 66.0 Å². The van der Waals surface area contributed by atoms with Crippen LogP contribution in [0, 0.1) is 12.3 Å². The molecule has 0 saturated heterocycles. The molecule has 0 bridgehead atoms. The highest BCUT2D eigenvalue weighted by Crippen LogP contribution is 2.36. The number of para-hydroxylation sites is 1. The van der Waals surface area contributed by atoms with E-state index < -0.39 is 5.41 Å². The molecule has 0 fully saturated rings. The monoisotopic (exact) mass is 418 g/mol. The van der Waals surface area contributed by atoms with Crippen LogP contribution in [0.4, 0.5) is 11.4 Å². The lowest BCUT2D eigenvalue weighted by Crippen LogP contribution is -2.44. The van der Waals surface area contributed by atoms with Crippen molar-refractivity contribution >= 4 is 23.2 Å². The summed E-state index contributed by atoms with van der Waals surface area (Å²) in [5.41, 5.74) is 2.74. The van der Waals surface area contributed by atoms with Crippen molar-refractivity contribution in [2.75, 3.05) is 23.4 Å². The molecule has 0 saturated carbocycles. The first kappa shape index (κ1) is 20.7. The van der Waals surface area contributed by atoms with Crippen LogP contribution in [-0.2, 0) is 4.79 Å². The molecule has 1 aliphatic heterocycles. The molecule has 31 heavy (non-hydrogen) atoms. The number of nitrogens with zero attached hydrogens (tertiary/aromatic N) is 3. The maximum atomic E-state index is 12.9. The molecule has 0 unspecified atom stereocenters. The largest absolute Gasteiger partial charge is 0.490 e. The van der Waals surface area contributed by atoms with Gasteiger partial charge in [0.2, 0.25) is 5.91 Å². The summed E-state index contributed by atoms with van der Waals surface area (Å²) >= 11 is 0. The van der Waals surface area contributed by atoms with Gasteiger partial charge in [0.25, 0.3) is 5.91 Å². The van der Waals surface area contributed by atoms with Crippen LogP contribution < -0.4 is 15.0 Å². The Morgan fingerprint density at radius 1 is 1.10 bits per heavy atom. The zero-order chi connectivity index (χ0) is 22.2. The number of fused-ring (bicyclic) bond motifs is 1. The smallest absolute Gasteiger partial charge is 0.259 e. The first-order chi connectivity index (χ1) is 14.7. The summed E-state index contributed by atoms with van der Waals surface area (Å²) in [6, 6.07) is 15.0. The standard InChI is InChI=1S/C24H26N4O3/c1-16-19(15-28(26-16)18-8-6-5-7-9-18)22(29)25-17-10-11-21-20(14-17)27(12-13-31-21)23(30)24(2,3)4/h5-11,14-15H,12-13H2,1-4H3,(H,25,29). The first-order valence-electron chi connectivity index (χ1n) is 10.3. The minimum Gasteiger partial charge on any atom is -0.490 e. The van der Waals surface area contributed by atoms with Crippen molar-refractivity contribution in [2.24, 2.45) is 5.41 Å². The molecule has 1 aliphatic rings. The van der Waals surface area contributed by atoms with Crippen LogP contribution >= 0.6 is 0 Å². The second-order valence-corrected chi connectivity index (χ2v) is 8.60. The normalized spacial score (nSPS) is 13.4. The van der Waals surface area contributed by atoms with E-state index in [-0.39, 0.29) is 11.8 Å². The molecule has 0 radical (unpaired) electrons. The van der Waals surface area contributed by atoms with Gasteiger partial charge in [-0.15, -0.1) is 0 Å². The third kappa shape index (κ3) is 4.17. The Kier molecular flexibility index (Phi) is 5.27. The summed E-state index contributed by atoms with van der Waals surface area (Å²) in [6.07, 6.45) is 1.72. The predicted octanol–water partition coefficient (Wildman–Crippen LogP) is 4.20. The van der Waals surface area contributed by atoms with Crippen molar-refractivity contribution in [2.45, 2.75) is 27.7 Å². The number of carbonyl (C=O) groups is 2. The second kappa shape index (κ2) is 7.91. The molecule has 160 valence electrons. The average Bonchev–Trinajstić information content (AvgIpc) is 3.14. The topological polar surface area (TPSA) is 76.5 Å². The number of hydrogen-bond acceptors (Lipinski definition) is 4. The van der Waals surface area contributed by atoms with Crippen LogP contribution in [0.2, 0.25) is 0 Å². The zero-order valence-corrected chi connectivity index (χ0v) is 18.2. The Labute approximate surface area is 181 Å². The van der Waals surface area contributed by atoms with E-state index in [0.717, 1.165) is 5.69 Å².